The van der Waals surface area contributed by atoms with Crippen molar-refractivity contribution in [1.82, 2.24) is 0 Å². The van der Waals surface area contributed by atoms with Crippen molar-refractivity contribution in [3.63, 3.8) is 0 Å². The number of phosphoric ester groups is 1. The highest BCUT2D eigenvalue weighted by atomic mass is 31.2. The fraction of sp³-hybridized carbons (Fsp3) is 0.640. The number of aliphatic hydroxyl groups excluding tert-OH is 1. The third-order valence-corrected chi connectivity index (χ3v) is 5.50. The molecule has 0 aliphatic heterocycles. The lowest BCUT2D eigenvalue weighted by Gasteiger charge is -2.17. The fourth-order valence-corrected chi connectivity index (χ4v) is 3.50. The Kier molecular flexibility index (Phi) is 22.2. The van der Waals surface area contributed by atoms with Crippen molar-refractivity contribution in [1.29, 1.82) is 0 Å². The molecule has 0 heterocycles. The maximum absolute atomic E-state index is 11.9. The molecule has 196 valence electrons. The second-order valence-electron chi connectivity index (χ2n) is 7.63. The van der Waals surface area contributed by atoms with Crippen LogP contribution in [0.3, 0.4) is 0 Å². The van der Waals surface area contributed by atoms with Gasteiger partial charge in [-0.3, -0.25) is 13.8 Å². The zero-order valence-electron chi connectivity index (χ0n) is 20.6. The Morgan fingerprint density at radius 1 is 0.912 bits per heavy atom. The largest absolute Gasteiger partial charge is 0.472 e. The van der Waals surface area contributed by atoms with Crippen LogP contribution in [0.15, 0.2) is 48.6 Å². The van der Waals surface area contributed by atoms with Gasteiger partial charge in [-0.15, -0.1) is 0 Å². The fourth-order valence-electron chi connectivity index (χ4n) is 2.73. The van der Waals surface area contributed by atoms with Gasteiger partial charge in [0.2, 0.25) is 0 Å². The predicted octanol–water partition coefficient (Wildman–Crippen LogP) is 5.13. The van der Waals surface area contributed by atoms with Gasteiger partial charge in [0, 0.05) is 13.0 Å². The van der Waals surface area contributed by atoms with E-state index in [1.165, 1.54) is 0 Å². The summed E-state index contributed by atoms with van der Waals surface area (Å²) in [4.78, 5) is 21.3. The molecule has 0 saturated heterocycles. The quantitative estimate of drug-likeness (QED) is 0.0806. The lowest BCUT2D eigenvalue weighted by molar-refractivity contribution is -0.153. The molecule has 9 heteroatoms. The van der Waals surface area contributed by atoms with Crippen LogP contribution in [0.2, 0.25) is 0 Å². The zero-order valence-corrected chi connectivity index (χ0v) is 21.5. The first-order valence-corrected chi connectivity index (χ1v) is 13.7. The lowest BCUT2D eigenvalue weighted by Crippen LogP contribution is -2.27. The second kappa shape index (κ2) is 23.2. The van der Waals surface area contributed by atoms with Crippen molar-refractivity contribution in [3.8, 4) is 0 Å². The molecule has 0 amide bonds. The number of hydrogen-bond donors (Lipinski definition) is 3. The Hall–Kier alpha value is -1.54. The monoisotopic (exact) mass is 501 g/mol. The van der Waals surface area contributed by atoms with Crippen molar-refractivity contribution < 1.29 is 33.1 Å². The second-order valence-corrected chi connectivity index (χ2v) is 9.09. The van der Waals surface area contributed by atoms with Crippen molar-refractivity contribution in [2.24, 2.45) is 5.73 Å². The van der Waals surface area contributed by atoms with Crippen molar-refractivity contribution >= 4 is 13.8 Å². The van der Waals surface area contributed by atoms with Gasteiger partial charge in [0.1, 0.15) is 6.10 Å². The molecule has 8 nitrogen and oxygen atoms in total. The molecule has 0 spiro atoms. The van der Waals surface area contributed by atoms with Crippen molar-refractivity contribution in [2.75, 3.05) is 26.4 Å². The number of aliphatic hydroxyl groups is 1. The van der Waals surface area contributed by atoms with Gasteiger partial charge in [0.15, 0.2) is 0 Å². The Labute approximate surface area is 205 Å². The average molecular weight is 502 g/mol. The highest BCUT2D eigenvalue weighted by Crippen LogP contribution is 2.42. The summed E-state index contributed by atoms with van der Waals surface area (Å²) < 4.78 is 25.9. The minimum absolute atomic E-state index is 0.0652. The minimum Gasteiger partial charge on any atom is -0.457 e. The number of hydrogen-bond acceptors (Lipinski definition) is 7. The van der Waals surface area contributed by atoms with E-state index in [4.69, 9.17) is 15.0 Å². The smallest absolute Gasteiger partial charge is 0.457 e. The number of allylic oxidation sites excluding steroid dienone is 8. The van der Waals surface area contributed by atoms with Crippen molar-refractivity contribution in [2.45, 2.75) is 77.2 Å². The maximum Gasteiger partial charge on any atom is 0.472 e. The first-order chi connectivity index (χ1) is 16.4. The van der Waals surface area contributed by atoms with E-state index in [2.05, 4.69) is 60.1 Å². The highest BCUT2D eigenvalue weighted by Gasteiger charge is 2.24. The summed E-state index contributed by atoms with van der Waals surface area (Å²) >= 11 is 0. The first-order valence-electron chi connectivity index (χ1n) is 12.2. The van der Waals surface area contributed by atoms with Gasteiger partial charge in [0.25, 0.3) is 0 Å². The number of unbranched alkanes of at least 4 members (excludes halogenated alkanes) is 4. The Morgan fingerprint density at radius 2 is 1.50 bits per heavy atom. The van der Waals surface area contributed by atoms with E-state index in [0.29, 0.717) is 6.42 Å². The molecule has 0 aromatic carbocycles. The van der Waals surface area contributed by atoms with E-state index in [0.717, 1.165) is 51.4 Å². The summed E-state index contributed by atoms with van der Waals surface area (Å²) in [5, 5.41) is 9.26. The Morgan fingerprint density at radius 3 is 2.09 bits per heavy atom. The van der Waals surface area contributed by atoms with Crippen LogP contribution in [0.1, 0.15) is 71.1 Å². The summed E-state index contributed by atoms with van der Waals surface area (Å²) in [6, 6.07) is 0. The van der Waals surface area contributed by atoms with Gasteiger partial charge in [-0.05, 0) is 44.9 Å². The highest BCUT2D eigenvalue weighted by molar-refractivity contribution is 7.47. The average Bonchev–Trinajstić information content (AvgIpc) is 2.82. The van der Waals surface area contributed by atoms with E-state index in [1.54, 1.807) is 0 Å². The number of nitrogens with two attached hydrogens (primary N) is 1. The van der Waals surface area contributed by atoms with Gasteiger partial charge in [-0.2, -0.15) is 0 Å². The van der Waals surface area contributed by atoms with Crippen LogP contribution >= 0.6 is 7.82 Å². The van der Waals surface area contributed by atoms with Crippen LogP contribution in [0.4, 0.5) is 0 Å². The Balaban J connectivity index is 3.74. The van der Waals surface area contributed by atoms with E-state index < -0.39 is 33.1 Å². The summed E-state index contributed by atoms with van der Waals surface area (Å²) in [5.41, 5.74) is 5.19. The molecular weight excluding hydrogens is 457 g/mol. The molecule has 0 aliphatic carbocycles. The van der Waals surface area contributed by atoms with E-state index in [-0.39, 0.29) is 19.6 Å². The van der Waals surface area contributed by atoms with Gasteiger partial charge in [0.05, 0.1) is 19.8 Å². The summed E-state index contributed by atoms with van der Waals surface area (Å²) in [6.45, 7) is 1.11. The van der Waals surface area contributed by atoms with Crippen LogP contribution < -0.4 is 5.73 Å². The summed E-state index contributed by atoms with van der Waals surface area (Å²) in [6.07, 6.45) is 25.3. The molecule has 0 bridgehead atoms. The summed E-state index contributed by atoms with van der Waals surface area (Å²) in [7, 11) is -4.27. The van der Waals surface area contributed by atoms with Gasteiger partial charge < -0.3 is 20.5 Å². The zero-order chi connectivity index (χ0) is 25.3. The molecule has 0 aromatic rings. The molecule has 0 fully saturated rings. The van der Waals surface area contributed by atoms with Gasteiger partial charge in [-0.1, -0.05) is 68.4 Å². The minimum atomic E-state index is -4.27. The van der Waals surface area contributed by atoms with E-state index in [1.807, 2.05) is 0 Å². The molecule has 0 radical (unpaired) electrons. The molecular formula is C25H44NO7P. The molecule has 2 atom stereocenters. The van der Waals surface area contributed by atoms with Crippen LogP contribution in [0, 0.1) is 0 Å². The van der Waals surface area contributed by atoms with Crippen LogP contribution in [0.25, 0.3) is 0 Å². The predicted molar refractivity (Wildman–Crippen MR) is 136 cm³/mol. The molecule has 4 N–H and O–H groups in total. The van der Waals surface area contributed by atoms with E-state index >= 15 is 0 Å². The molecule has 0 aromatic heterocycles. The van der Waals surface area contributed by atoms with Gasteiger partial charge >= 0.3 is 13.8 Å². The first kappa shape index (κ1) is 32.5. The van der Waals surface area contributed by atoms with Crippen LogP contribution in [-0.4, -0.2) is 48.4 Å². The number of rotatable bonds is 22. The number of carbonyl (C=O) groups excluding carboxylic acids is 1. The maximum atomic E-state index is 11.9. The summed E-state index contributed by atoms with van der Waals surface area (Å²) in [5.74, 6) is -0.475. The van der Waals surface area contributed by atoms with Crippen molar-refractivity contribution in [3.05, 3.63) is 48.6 Å². The van der Waals surface area contributed by atoms with Gasteiger partial charge in [-0.25, -0.2) is 4.57 Å². The molecule has 34 heavy (non-hydrogen) atoms. The SMILES string of the molecule is CC/C=C\C/C=C\C/C=C\C/C=C\CCCCCCC(=O)O[C@H](CO)COP(=O)(O)OCCN. The molecule has 0 rings (SSSR count). The topological polar surface area (TPSA) is 128 Å². The lowest BCUT2D eigenvalue weighted by atomic mass is 10.1. The molecule has 0 aliphatic rings. The molecule has 0 saturated carbocycles. The third-order valence-electron chi connectivity index (χ3n) is 4.52. The standard InChI is InChI=1S/C25H44NO7P/c1-2-3-4-5-6-7-8-9-10-11-12-13-14-15-16-17-18-19-25(28)33-24(22-27)23-32-34(29,30)31-21-20-26/h3-4,6-7,9-10,12-13,24,27H,2,5,8,11,14-23,26H2,1H3,(H,29,30)/b4-3-,7-6-,10-9-,13-12-/t24-/m1/s1. The Bertz CT molecular complexity index is 662. The number of ether oxygens (including phenoxy) is 1. The number of esters is 1. The number of carbonyl (C=O) groups is 1. The molecule has 1 unspecified atom stereocenters. The van der Waals surface area contributed by atoms with Crippen LogP contribution in [-0.2, 0) is 23.1 Å². The number of phosphoric acid groups is 1. The van der Waals surface area contributed by atoms with Crippen LogP contribution in [0.5, 0.6) is 0 Å². The van der Waals surface area contributed by atoms with E-state index in [9.17, 15) is 19.4 Å². The normalized spacial score (nSPS) is 15.1. The third kappa shape index (κ3) is 22.3.